The maximum Gasteiger partial charge on any atom is 0.245 e. The average Bonchev–Trinajstić information content (AvgIpc) is 2.70. The van der Waals surface area contributed by atoms with Crippen LogP contribution in [0.4, 0.5) is 0 Å². The van der Waals surface area contributed by atoms with E-state index in [1.165, 1.54) is 0 Å². The molecule has 0 aromatic heterocycles. The molecule has 4 rings (SSSR count). The van der Waals surface area contributed by atoms with Crippen molar-refractivity contribution in [3.8, 4) is 0 Å². The summed E-state index contributed by atoms with van der Waals surface area (Å²) in [7, 11) is 0. The van der Waals surface area contributed by atoms with Crippen molar-refractivity contribution in [2.45, 2.75) is 55.9 Å². The number of carbonyl (C=O) groups excluding carboxylic acids is 2. The fourth-order valence-electron chi connectivity index (χ4n) is 4.51. The number of Topliss-reactive ketones (excluding diaryl/α,β-unsaturated/α-hetero) is 1. The summed E-state index contributed by atoms with van der Waals surface area (Å²) in [5.41, 5.74) is 1.00. The van der Waals surface area contributed by atoms with Crippen molar-refractivity contribution in [3.05, 3.63) is 35.9 Å². The van der Waals surface area contributed by atoms with Gasteiger partial charge in [-0.15, -0.1) is 0 Å². The van der Waals surface area contributed by atoms with Crippen LogP contribution in [0.25, 0.3) is 0 Å². The van der Waals surface area contributed by atoms with Gasteiger partial charge in [0.05, 0.1) is 17.6 Å². The van der Waals surface area contributed by atoms with Gasteiger partial charge in [0.25, 0.3) is 0 Å². The first-order valence-corrected chi connectivity index (χ1v) is 10.7. The number of benzene rings is 1. The number of hydrogen-bond acceptors (Lipinski definition) is 5. The second kappa shape index (κ2) is 7.99. The van der Waals surface area contributed by atoms with Crippen molar-refractivity contribution in [1.29, 1.82) is 0 Å². The molecule has 3 aliphatic heterocycles. The van der Waals surface area contributed by atoms with E-state index < -0.39 is 12.1 Å². The van der Waals surface area contributed by atoms with Crippen LogP contribution in [-0.2, 0) is 20.9 Å². The molecule has 0 saturated carbocycles. The average molecular weight is 436 g/mol. The minimum atomic E-state index is -0.757. The van der Waals surface area contributed by atoms with Crippen molar-refractivity contribution in [1.82, 2.24) is 14.9 Å². The summed E-state index contributed by atoms with van der Waals surface area (Å²) in [6, 6.07) is 9.22. The van der Waals surface area contributed by atoms with Crippen LogP contribution >= 0.6 is 15.9 Å². The molecule has 1 aromatic carbocycles. The van der Waals surface area contributed by atoms with Crippen molar-refractivity contribution >= 4 is 27.6 Å². The van der Waals surface area contributed by atoms with Gasteiger partial charge >= 0.3 is 0 Å². The molecule has 3 aliphatic rings. The van der Waals surface area contributed by atoms with E-state index in [0.29, 0.717) is 19.7 Å². The number of rotatable bonds is 4. The zero-order chi connectivity index (χ0) is 19.0. The quantitative estimate of drug-likeness (QED) is 0.678. The zero-order valence-corrected chi connectivity index (χ0v) is 17.2. The first-order valence-electron chi connectivity index (χ1n) is 9.78. The van der Waals surface area contributed by atoms with Gasteiger partial charge in [-0.2, -0.15) is 0 Å². The molecule has 7 heteroatoms. The molecule has 3 heterocycles. The van der Waals surface area contributed by atoms with Gasteiger partial charge in [0.1, 0.15) is 12.1 Å². The summed E-state index contributed by atoms with van der Waals surface area (Å²) in [5.74, 6) is -0.0153. The third-order valence-electron chi connectivity index (χ3n) is 5.83. The molecule has 0 radical (unpaired) electrons. The Hall–Kier alpha value is -1.28. The highest BCUT2D eigenvalue weighted by Crippen LogP contribution is 2.35. The lowest BCUT2D eigenvalue weighted by molar-refractivity contribution is -0.225. The van der Waals surface area contributed by atoms with Gasteiger partial charge in [0.15, 0.2) is 5.78 Å². The fourth-order valence-corrected chi connectivity index (χ4v) is 5.07. The van der Waals surface area contributed by atoms with E-state index in [0.717, 1.165) is 31.4 Å². The number of halogens is 1. The number of amides is 1. The molecule has 0 aliphatic carbocycles. The predicted molar refractivity (Wildman–Crippen MR) is 105 cm³/mol. The van der Waals surface area contributed by atoms with Crippen molar-refractivity contribution in [2.75, 3.05) is 19.6 Å². The lowest BCUT2D eigenvalue weighted by Crippen LogP contribution is -2.76. The number of ketones is 1. The topological polar surface area (TPSA) is 53.1 Å². The van der Waals surface area contributed by atoms with Gasteiger partial charge in [-0.05, 0) is 31.7 Å². The fraction of sp³-hybridized carbons (Fsp3) is 0.600. The monoisotopic (exact) mass is 435 g/mol. The van der Waals surface area contributed by atoms with Gasteiger partial charge < -0.3 is 9.64 Å². The van der Waals surface area contributed by atoms with E-state index in [1.54, 1.807) is 0 Å². The Morgan fingerprint density at radius 3 is 2.67 bits per heavy atom. The molecule has 3 fully saturated rings. The van der Waals surface area contributed by atoms with Crippen LogP contribution in [0.15, 0.2) is 30.3 Å². The number of likely N-dealkylation sites (N-methyl/N-ethyl adjacent to an activating group) is 1. The number of hydrogen-bond donors (Lipinski definition) is 0. The Labute approximate surface area is 168 Å². The summed E-state index contributed by atoms with van der Waals surface area (Å²) in [4.78, 5) is 27.9. The standard InChI is InChI=1S/C20H26BrN3O3/c1-2-22-16-10-6-7-11-23(16)24-12-15(21)18(25)19(17(24)20(22)26)27-13-14-8-4-3-5-9-14/h3-5,8-9,15-17,19H,2,6-7,10-13H2,1H3/t15?,16-,17?,19?/m0/s1. The molecule has 0 N–H and O–H groups in total. The van der Waals surface area contributed by atoms with Gasteiger partial charge in [0, 0.05) is 19.6 Å². The summed E-state index contributed by atoms with van der Waals surface area (Å²) in [6.45, 7) is 4.43. The smallest absolute Gasteiger partial charge is 0.245 e. The highest BCUT2D eigenvalue weighted by atomic mass is 79.9. The van der Waals surface area contributed by atoms with Crippen LogP contribution in [-0.4, -0.2) is 69.4 Å². The summed E-state index contributed by atoms with van der Waals surface area (Å²) in [6.07, 6.45) is 2.58. The van der Waals surface area contributed by atoms with E-state index in [-0.39, 0.29) is 22.7 Å². The third kappa shape index (κ3) is 3.46. The second-order valence-electron chi connectivity index (χ2n) is 7.42. The normalized spacial score (nSPS) is 32.3. The maximum atomic E-state index is 13.3. The molecule has 4 atom stereocenters. The molecule has 27 heavy (non-hydrogen) atoms. The number of piperidine rings is 2. The van der Waals surface area contributed by atoms with E-state index in [9.17, 15) is 9.59 Å². The molecule has 1 amide bonds. The predicted octanol–water partition coefficient (Wildman–Crippen LogP) is 2.18. The van der Waals surface area contributed by atoms with Gasteiger partial charge in [-0.25, -0.2) is 10.0 Å². The molecule has 0 spiro atoms. The van der Waals surface area contributed by atoms with E-state index in [1.807, 2.05) is 42.2 Å². The van der Waals surface area contributed by atoms with E-state index in [4.69, 9.17) is 4.74 Å². The number of nitrogens with zero attached hydrogens (tertiary/aromatic N) is 3. The number of fused-ring (bicyclic) bond motifs is 3. The molecule has 146 valence electrons. The van der Waals surface area contributed by atoms with Crippen LogP contribution in [0.5, 0.6) is 0 Å². The lowest BCUT2D eigenvalue weighted by atomic mass is 9.93. The largest absolute Gasteiger partial charge is 0.363 e. The maximum absolute atomic E-state index is 13.3. The number of carbonyl (C=O) groups is 2. The summed E-state index contributed by atoms with van der Waals surface area (Å²) < 4.78 is 6.07. The van der Waals surface area contributed by atoms with Crippen LogP contribution < -0.4 is 0 Å². The molecule has 0 bridgehead atoms. The Kier molecular flexibility index (Phi) is 5.64. The first kappa shape index (κ1) is 19.1. The molecule has 6 nitrogen and oxygen atoms in total. The molecular weight excluding hydrogens is 410 g/mol. The molecule has 1 aromatic rings. The van der Waals surface area contributed by atoms with Crippen LogP contribution in [0.2, 0.25) is 0 Å². The Bertz CT molecular complexity index is 701. The highest BCUT2D eigenvalue weighted by molar-refractivity contribution is 9.10. The van der Waals surface area contributed by atoms with Crippen molar-refractivity contribution < 1.29 is 14.3 Å². The Morgan fingerprint density at radius 1 is 1.15 bits per heavy atom. The summed E-state index contributed by atoms with van der Waals surface area (Å²) >= 11 is 3.53. The minimum absolute atomic E-state index is 0.0199. The van der Waals surface area contributed by atoms with Gasteiger partial charge in [-0.1, -0.05) is 46.3 Å². The van der Waals surface area contributed by atoms with Crippen molar-refractivity contribution in [3.63, 3.8) is 0 Å². The molecule has 3 saturated heterocycles. The van der Waals surface area contributed by atoms with Crippen LogP contribution in [0.1, 0.15) is 31.7 Å². The third-order valence-corrected chi connectivity index (χ3v) is 6.57. The van der Waals surface area contributed by atoms with Crippen molar-refractivity contribution in [2.24, 2.45) is 0 Å². The molecule has 3 unspecified atom stereocenters. The number of ether oxygens (including phenoxy) is 1. The van der Waals surface area contributed by atoms with E-state index in [2.05, 4.69) is 25.9 Å². The summed E-state index contributed by atoms with van der Waals surface area (Å²) in [5, 5.41) is 4.41. The Morgan fingerprint density at radius 2 is 1.93 bits per heavy atom. The Balaban J connectivity index is 1.61. The SMILES string of the molecule is CCN1C(=O)C2C(OCc3ccccc3)C(=O)C(Br)CN2N2CCCC[C@@H]12. The second-order valence-corrected chi connectivity index (χ2v) is 8.52. The zero-order valence-electron chi connectivity index (χ0n) is 15.6. The molecular formula is C20H26BrN3O3. The van der Waals surface area contributed by atoms with Crippen LogP contribution in [0, 0.1) is 0 Å². The number of hydrazine groups is 1. The first-order chi connectivity index (χ1) is 13.1. The van der Waals surface area contributed by atoms with E-state index >= 15 is 0 Å². The minimum Gasteiger partial charge on any atom is -0.363 e. The lowest BCUT2D eigenvalue weighted by Gasteiger charge is -2.57. The number of alkyl halides is 1. The van der Waals surface area contributed by atoms with Gasteiger partial charge in [-0.3, -0.25) is 9.59 Å². The van der Waals surface area contributed by atoms with Gasteiger partial charge in [0.2, 0.25) is 5.91 Å². The highest BCUT2D eigenvalue weighted by Gasteiger charge is 2.55. The van der Waals surface area contributed by atoms with Crippen LogP contribution in [0.3, 0.4) is 0 Å².